The van der Waals surface area contributed by atoms with Gasteiger partial charge in [-0.3, -0.25) is 4.79 Å². The molecule has 1 amide bonds. The van der Waals surface area contributed by atoms with Crippen LogP contribution in [0.1, 0.15) is 17.0 Å². The Morgan fingerprint density at radius 3 is 2.53 bits per heavy atom. The predicted octanol–water partition coefficient (Wildman–Crippen LogP) is 7.10. The molecule has 0 spiro atoms. The molecule has 4 nitrogen and oxygen atoms in total. The molecule has 1 heterocycles. The van der Waals surface area contributed by atoms with Crippen LogP contribution in [0, 0.1) is 25.2 Å². The van der Waals surface area contributed by atoms with Crippen LogP contribution in [0.4, 0.5) is 5.69 Å². The Balaban J connectivity index is 1.73. The molecule has 3 aromatic carbocycles. The number of hydrogen-bond donors (Lipinski definition) is 1. The zero-order valence-electron chi connectivity index (χ0n) is 17.5. The van der Waals surface area contributed by atoms with Crippen LogP contribution in [0.5, 0.6) is 0 Å². The minimum Gasteiger partial charge on any atom is -0.320 e. The van der Waals surface area contributed by atoms with Crippen molar-refractivity contribution < 1.29 is 4.79 Å². The van der Waals surface area contributed by atoms with Gasteiger partial charge in [-0.1, -0.05) is 65.7 Å². The number of aromatic nitrogens is 1. The summed E-state index contributed by atoms with van der Waals surface area (Å²) in [4.78, 5) is 12.7. The Hall–Kier alpha value is -3.52. The number of rotatable bonds is 4. The van der Waals surface area contributed by atoms with Crippen molar-refractivity contribution >= 4 is 51.6 Å². The maximum absolute atomic E-state index is 12.7. The van der Waals surface area contributed by atoms with Crippen molar-refractivity contribution in [3.8, 4) is 11.8 Å². The fourth-order valence-electron chi connectivity index (χ4n) is 3.80. The highest BCUT2D eigenvalue weighted by Crippen LogP contribution is 2.31. The van der Waals surface area contributed by atoms with Crippen LogP contribution >= 0.6 is 23.2 Å². The number of anilines is 1. The van der Waals surface area contributed by atoms with Gasteiger partial charge in [0.15, 0.2) is 0 Å². The smallest absolute Gasteiger partial charge is 0.266 e. The molecule has 1 N–H and O–H groups in total. The van der Waals surface area contributed by atoms with E-state index in [0.29, 0.717) is 10.7 Å². The Kier molecular flexibility index (Phi) is 6.05. The number of amides is 1. The third-order valence-corrected chi connectivity index (χ3v) is 6.16. The molecule has 0 aliphatic heterocycles. The fraction of sp³-hybridized carbons (Fsp3) is 0.0769. The van der Waals surface area contributed by atoms with Crippen LogP contribution in [0.25, 0.3) is 22.5 Å². The lowest BCUT2D eigenvalue weighted by atomic mass is 10.1. The first-order chi connectivity index (χ1) is 15.4. The number of aryl methyl sites for hydroxylation is 1. The van der Waals surface area contributed by atoms with Gasteiger partial charge in [-0.15, -0.1) is 0 Å². The summed E-state index contributed by atoms with van der Waals surface area (Å²) in [5.41, 5.74) is 4.09. The van der Waals surface area contributed by atoms with Gasteiger partial charge in [0, 0.05) is 16.8 Å². The molecule has 0 aliphatic carbocycles. The molecular weight excluding hydrogens is 441 g/mol. The number of benzene rings is 3. The van der Waals surface area contributed by atoms with Crippen molar-refractivity contribution in [3.05, 3.63) is 99.3 Å². The van der Waals surface area contributed by atoms with Crippen LogP contribution < -0.4 is 5.32 Å². The van der Waals surface area contributed by atoms with Crippen molar-refractivity contribution in [2.75, 3.05) is 5.32 Å². The van der Waals surface area contributed by atoms with Gasteiger partial charge >= 0.3 is 0 Å². The molecule has 158 valence electrons. The van der Waals surface area contributed by atoms with Crippen molar-refractivity contribution in [3.63, 3.8) is 0 Å². The largest absolute Gasteiger partial charge is 0.320 e. The molecule has 1 aromatic heterocycles. The number of nitrogens with zero attached hydrogens (tertiary/aromatic N) is 2. The number of fused-ring (bicyclic) bond motifs is 1. The summed E-state index contributed by atoms with van der Waals surface area (Å²) < 4.78 is 2.13. The van der Waals surface area contributed by atoms with E-state index in [-0.39, 0.29) is 10.6 Å². The van der Waals surface area contributed by atoms with E-state index in [1.807, 2.05) is 44.2 Å². The lowest BCUT2D eigenvalue weighted by Gasteiger charge is -2.13. The number of halogens is 2. The highest BCUT2D eigenvalue weighted by molar-refractivity contribution is 6.44. The predicted molar refractivity (Wildman–Crippen MR) is 131 cm³/mol. The molecule has 0 saturated heterocycles. The number of carbonyl (C=O) groups is 1. The zero-order chi connectivity index (χ0) is 22.8. The van der Waals surface area contributed by atoms with Gasteiger partial charge in [0.2, 0.25) is 0 Å². The molecule has 0 radical (unpaired) electrons. The van der Waals surface area contributed by atoms with Crippen LogP contribution in [-0.4, -0.2) is 10.5 Å². The van der Waals surface area contributed by atoms with E-state index in [1.54, 1.807) is 24.3 Å². The third kappa shape index (κ3) is 4.01. The van der Waals surface area contributed by atoms with Crippen molar-refractivity contribution in [1.29, 1.82) is 5.26 Å². The fourth-order valence-corrected chi connectivity index (χ4v) is 4.15. The first kappa shape index (κ1) is 21.7. The number of nitriles is 1. The standard InChI is InChI=1S/C26H19Cl2N3O/c1-16-13-19(14-20(15-29)26(32)30-23-11-6-10-22(27)25(23)28)17(2)31(16)24-12-5-8-18-7-3-4-9-21(18)24/h3-14H,1-2H3,(H,30,32). The van der Waals surface area contributed by atoms with Crippen molar-refractivity contribution in [2.45, 2.75) is 13.8 Å². The van der Waals surface area contributed by atoms with E-state index in [1.165, 1.54) is 0 Å². The minimum absolute atomic E-state index is 0.0285. The monoisotopic (exact) mass is 459 g/mol. The molecule has 4 rings (SSSR count). The van der Waals surface area contributed by atoms with E-state index in [0.717, 1.165) is 33.4 Å². The molecule has 32 heavy (non-hydrogen) atoms. The lowest BCUT2D eigenvalue weighted by molar-refractivity contribution is -0.112. The molecule has 0 bridgehead atoms. The van der Waals surface area contributed by atoms with Gasteiger partial charge in [-0.05, 0) is 55.1 Å². The van der Waals surface area contributed by atoms with Crippen LogP contribution in [0.3, 0.4) is 0 Å². The highest BCUT2D eigenvalue weighted by Gasteiger charge is 2.16. The highest BCUT2D eigenvalue weighted by atomic mass is 35.5. The first-order valence-electron chi connectivity index (χ1n) is 9.95. The van der Waals surface area contributed by atoms with Crippen LogP contribution in [0.2, 0.25) is 10.0 Å². The molecular formula is C26H19Cl2N3O. The van der Waals surface area contributed by atoms with Gasteiger partial charge in [-0.25, -0.2) is 0 Å². The summed E-state index contributed by atoms with van der Waals surface area (Å²) in [6, 6.07) is 23.3. The Morgan fingerprint density at radius 1 is 1.03 bits per heavy atom. The second-order valence-corrected chi connectivity index (χ2v) is 8.17. The molecule has 0 fully saturated rings. The van der Waals surface area contributed by atoms with E-state index < -0.39 is 5.91 Å². The summed E-state index contributed by atoms with van der Waals surface area (Å²) in [5.74, 6) is -0.549. The van der Waals surface area contributed by atoms with E-state index >= 15 is 0 Å². The maximum Gasteiger partial charge on any atom is 0.266 e. The van der Waals surface area contributed by atoms with Crippen LogP contribution in [-0.2, 0) is 4.79 Å². The Bertz CT molecular complexity index is 1420. The SMILES string of the molecule is Cc1cc(C=C(C#N)C(=O)Nc2cccc(Cl)c2Cl)c(C)n1-c1cccc2ccccc12. The van der Waals surface area contributed by atoms with Gasteiger partial charge < -0.3 is 9.88 Å². The van der Waals surface area contributed by atoms with Crippen molar-refractivity contribution in [2.24, 2.45) is 0 Å². The molecule has 0 saturated carbocycles. The van der Waals surface area contributed by atoms with Gasteiger partial charge in [0.05, 0.1) is 21.4 Å². The van der Waals surface area contributed by atoms with E-state index in [2.05, 4.69) is 34.1 Å². The van der Waals surface area contributed by atoms with E-state index in [9.17, 15) is 10.1 Å². The summed E-state index contributed by atoms with van der Waals surface area (Å²) in [6.07, 6.45) is 1.59. The normalized spacial score (nSPS) is 11.4. The van der Waals surface area contributed by atoms with Gasteiger partial charge in [-0.2, -0.15) is 5.26 Å². The Labute approximate surface area is 196 Å². The molecule has 6 heteroatoms. The van der Waals surface area contributed by atoms with Gasteiger partial charge in [0.1, 0.15) is 11.6 Å². The quantitative estimate of drug-likeness (QED) is 0.261. The average molecular weight is 460 g/mol. The lowest BCUT2D eigenvalue weighted by Crippen LogP contribution is -2.13. The van der Waals surface area contributed by atoms with E-state index in [4.69, 9.17) is 23.2 Å². The Morgan fingerprint density at radius 2 is 1.75 bits per heavy atom. The van der Waals surface area contributed by atoms with Gasteiger partial charge in [0.25, 0.3) is 5.91 Å². The number of nitrogens with one attached hydrogen (secondary N) is 1. The first-order valence-corrected chi connectivity index (χ1v) is 10.7. The number of hydrogen-bond acceptors (Lipinski definition) is 2. The molecule has 4 aromatic rings. The zero-order valence-corrected chi connectivity index (χ0v) is 19.0. The second kappa shape index (κ2) is 8.92. The summed E-state index contributed by atoms with van der Waals surface area (Å²) >= 11 is 12.2. The number of carbonyl (C=O) groups excluding carboxylic acids is 1. The third-order valence-electron chi connectivity index (χ3n) is 5.34. The second-order valence-electron chi connectivity index (χ2n) is 7.39. The summed E-state index contributed by atoms with van der Waals surface area (Å²) in [5, 5.41) is 15.1. The minimum atomic E-state index is -0.549. The summed E-state index contributed by atoms with van der Waals surface area (Å²) in [7, 11) is 0. The average Bonchev–Trinajstić information content (AvgIpc) is 3.07. The molecule has 0 aliphatic rings. The maximum atomic E-state index is 12.7. The molecule has 0 atom stereocenters. The van der Waals surface area contributed by atoms with Crippen molar-refractivity contribution in [1.82, 2.24) is 4.57 Å². The molecule has 0 unspecified atom stereocenters. The topological polar surface area (TPSA) is 57.8 Å². The summed E-state index contributed by atoms with van der Waals surface area (Å²) in [6.45, 7) is 3.98. The van der Waals surface area contributed by atoms with Crippen LogP contribution in [0.15, 0.2) is 72.3 Å².